The molecule has 0 spiro atoms. The lowest BCUT2D eigenvalue weighted by atomic mass is 9.96. The van der Waals surface area contributed by atoms with Gasteiger partial charge in [-0.25, -0.2) is 17.5 Å². The van der Waals surface area contributed by atoms with Crippen LogP contribution in [-0.2, 0) is 24.4 Å². The first kappa shape index (κ1) is 17.4. The van der Waals surface area contributed by atoms with Crippen LogP contribution < -0.4 is 5.32 Å². The fraction of sp³-hybridized carbons (Fsp3) is 0.727. The van der Waals surface area contributed by atoms with Crippen LogP contribution in [0.4, 0.5) is 0 Å². The van der Waals surface area contributed by atoms with Crippen molar-refractivity contribution in [3.05, 3.63) is 0 Å². The molecule has 21 heavy (non-hydrogen) atoms. The van der Waals surface area contributed by atoms with Crippen molar-refractivity contribution in [3.63, 3.8) is 0 Å². The lowest BCUT2D eigenvalue weighted by Crippen LogP contribution is -2.48. The molecule has 1 rings (SSSR count). The number of carbonyl (C=O) groups is 3. The number of nitrogens with one attached hydrogen (secondary N) is 1. The van der Waals surface area contributed by atoms with Crippen LogP contribution in [0, 0.1) is 5.92 Å². The smallest absolute Gasteiger partial charge is 0.326 e. The van der Waals surface area contributed by atoms with Crippen molar-refractivity contribution in [1.29, 1.82) is 0 Å². The minimum atomic E-state index is -3.30. The monoisotopic (exact) mass is 322 g/mol. The van der Waals surface area contributed by atoms with Crippen LogP contribution in [0.3, 0.4) is 0 Å². The standard InChI is InChI=1S/C11H18N2O7S/c1-21(19,20)13-4-2-7(3-5-13)10(16)12-8(11(17)18)6-9(14)15/h7-8H,2-6H2,1H3,(H,12,16)(H,14,15)(H,17,18)/t8-/m0/s1. The molecule has 1 saturated heterocycles. The van der Waals surface area contributed by atoms with Crippen LogP contribution in [-0.4, -0.2) is 66.2 Å². The Kier molecular flexibility index (Phi) is 5.67. The third-order valence-corrected chi connectivity index (χ3v) is 4.59. The Balaban J connectivity index is 2.57. The van der Waals surface area contributed by atoms with Crippen LogP contribution in [0.25, 0.3) is 0 Å². The Morgan fingerprint density at radius 3 is 2.14 bits per heavy atom. The van der Waals surface area contributed by atoms with E-state index in [2.05, 4.69) is 5.32 Å². The predicted molar refractivity (Wildman–Crippen MR) is 71.0 cm³/mol. The number of hydrogen-bond donors (Lipinski definition) is 3. The van der Waals surface area contributed by atoms with Crippen LogP contribution in [0.15, 0.2) is 0 Å². The van der Waals surface area contributed by atoms with E-state index in [1.807, 2.05) is 0 Å². The fourth-order valence-corrected chi connectivity index (χ4v) is 2.99. The summed E-state index contributed by atoms with van der Waals surface area (Å²) >= 11 is 0. The highest BCUT2D eigenvalue weighted by atomic mass is 32.2. The van der Waals surface area contributed by atoms with Crippen molar-refractivity contribution in [2.24, 2.45) is 5.92 Å². The molecular weight excluding hydrogens is 304 g/mol. The van der Waals surface area contributed by atoms with Crippen molar-refractivity contribution in [2.45, 2.75) is 25.3 Å². The highest BCUT2D eigenvalue weighted by Crippen LogP contribution is 2.19. The molecule has 0 aromatic heterocycles. The van der Waals surface area contributed by atoms with Crippen LogP contribution in [0.2, 0.25) is 0 Å². The van der Waals surface area contributed by atoms with Gasteiger partial charge in [0.05, 0.1) is 12.7 Å². The number of rotatable bonds is 6. The number of amides is 1. The van der Waals surface area contributed by atoms with E-state index in [1.54, 1.807) is 0 Å². The van der Waals surface area contributed by atoms with Gasteiger partial charge in [0.1, 0.15) is 6.04 Å². The number of carboxylic acids is 2. The topological polar surface area (TPSA) is 141 Å². The molecule has 0 aromatic carbocycles. The summed E-state index contributed by atoms with van der Waals surface area (Å²) in [6, 6.07) is -1.48. The molecule has 1 amide bonds. The summed E-state index contributed by atoms with van der Waals surface area (Å²) in [7, 11) is -3.30. The summed E-state index contributed by atoms with van der Waals surface area (Å²) in [5.74, 6) is -3.82. The number of sulfonamides is 1. The summed E-state index contributed by atoms with van der Waals surface area (Å²) in [5.41, 5.74) is 0. The molecule has 1 heterocycles. The zero-order valence-corrected chi connectivity index (χ0v) is 12.3. The molecule has 10 heteroatoms. The third-order valence-electron chi connectivity index (χ3n) is 3.29. The molecule has 1 aliphatic rings. The number of carboxylic acid groups (broad SMARTS) is 2. The molecule has 0 radical (unpaired) electrons. The molecule has 0 unspecified atom stereocenters. The highest BCUT2D eigenvalue weighted by molar-refractivity contribution is 7.88. The van der Waals surface area contributed by atoms with Gasteiger partial charge in [-0.2, -0.15) is 0 Å². The Morgan fingerprint density at radius 1 is 1.24 bits per heavy atom. The number of aliphatic carboxylic acids is 2. The van der Waals surface area contributed by atoms with Gasteiger partial charge in [-0.15, -0.1) is 0 Å². The zero-order valence-electron chi connectivity index (χ0n) is 11.5. The SMILES string of the molecule is CS(=O)(=O)N1CCC(C(=O)N[C@@H](CC(=O)O)C(=O)O)CC1. The van der Waals surface area contributed by atoms with Crippen molar-refractivity contribution in [3.8, 4) is 0 Å². The zero-order chi connectivity index (χ0) is 16.2. The Hall–Kier alpha value is -1.68. The van der Waals surface area contributed by atoms with Gasteiger partial charge in [-0.05, 0) is 12.8 Å². The molecule has 1 atom stereocenters. The van der Waals surface area contributed by atoms with E-state index in [0.717, 1.165) is 6.26 Å². The fourth-order valence-electron chi connectivity index (χ4n) is 2.11. The minimum absolute atomic E-state index is 0.188. The van der Waals surface area contributed by atoms with Gasteiger partial charge in [0.2, 0.25) is 15.9 Å². The predicted octanol–water partition coefficient (Wildman–Crippen LogP) is -1.30. The minimum Gasteiger partial charge on any atom is -0.481 e. The summed E-state index contributed by atoms with van der Waals surface area (Å²) in [6.07, 6.45) is 0.931. The maximum atomic E-state index is 11.9. The molecule has 0 bridgehead atoms. The second-order valence-electron chi connectivity index (χ2n) is 4.93. The molecule has 0 aliphatic carbocycles. The van der Waals surface area contributed by atoms with Crippen molar-refractivity contribution < 1.29 is 33.0 Å². The maximum Gasteiger partial charge on any atom is 0.326 e. The molecular formula is C11H18N2O7S. The van der Waals surface area contributed by atoms with Crippen LogP contribution >= 0.6 is 0 Å². The number of piperidine rings is 1. The van der Waals surface area contributed by atoms with Crippen LogP contribution in [0.5, 0.6) is 0 Å². The van der Waals surface area contributed by atoms with E-state index in [0.29, 0.717) is 0 Å². The quantitative estimate of drug-likeness (QED) is 0.552. The van der Waals surface area contributed by atoms with E-state index < -0.39 is 46.2 Å². The molecule has 120 valence electrons. The molecule has 1 fully saturated rings. The summed E-state index contributed by atoms with van der Waals surface area (Å²) in [4.78, 5) is 33.3. The van der Waals surface area contributed by atoms with Gasteiger partial charge in [0, 0.05) is 19.0 Å². The molecule has 0 saturated carbocycles. The number of carbonyl (C=O) groups excluding carboxylic acids is 1. The first-order valence-corrected chi connectivity index (χ1v) is 8.16. The van der Waals surface area contributed by atoms with E-state index in [9.17, 15) is 22.8 Å². The Morgan fingerprint density at radius 2 is 1.76 bits per heavy atom. The van der Waals surface area contributed by atoms with Crippen molar-refractivity contribution in [1.82, 2.24) is 9.62 Å². The molecule has 1 aliphatic heterocycles. The maximum absolute atomic E-state index is 11.9. The van der Waals surface area contributed by atoms with Gasteiger partial charge in [0.15, 0.2) is 0 Å². The first-order chi connectivity index (χ1) is 9.61. The normalized spacial score (nSPS) is 18.9. The van der Waals surface area contributed by atoms with Crippen LogP contribution in [0.1, 0.15) is 19.3 Å². The average molecular weight is 322 g/mol. The average Bonchev–Trinajstić information content (AvgIpc) is 2.36. The Labute approximate surface area is 122 Å². The summed E-state index contributed by atoms with van der Waals surface area (Å²) in [6.45, 7) is 0.376. The lowest BCUT2D eigenvalue weighted by Gasteiger charge is -2.30. The second kappa shape index (κ2) is 6.85. The summed E-state index contributed by atoms with van der Waals surface area (Å²) in [5, 5.41) is 19.6. The van der Waals surface area contributed by atoms with E-state index in [-0.39, 0.29) is 25.9 Å². The van der Waals surface area contributed by atoms with Gasteiger partial charge in [-0.1, -0.05) is 0 Å². The number of nitrogens with zero attached hydrogens (tertiary/aromatic N) is 1. The van der Waals surface area contributed by atoms with Gasteiger partial charge in [0.25, 0.3) is 0 Å². The van der Waals surface area contributed by atoms with Crippen molar-refractivity contribution >= 4 is 27.9 Å². The highest BCUT2D eigenvalue weighted by Gasteiger charge is 2.31. The lowest BCUT2D eigenvalue weighted by molar-refractivity contribution is -0.147. The number of hydrogen-bond acceptors (Lipinski definition) is 5. The third kappa shape index (κ3) is 5.31. The van der Waals surface area contributed by atoms with Crippen molar-refractivity contribution in [2.75, 3.05) is 19.3 Å². The van der Waals surface area contributed by atoms with Gasteiger partial charge < -0.3 is 15.5 Å². The van der Waals surface area contributed by atoms with E-state index in [4.69, 9.17) is 10.2 Å². The van der Waals surface area contributed by atoms with Gasteiger partial charge in [-0.3, -0.25) is 9.59 Å². The second-order valence-corrected chi connectivity index (χ2v) is 6.92. The van der Waals surface area contributed by atoms with Gasteiger partial charge >= 0.3 is 11.9 Å². The Bertz CT molecular complexity index is 523. The van der Waals surface area contributed by atoms with E-state index >= 15 is 0 Å². The molecule has 3 N–H and O–H groups in total. The first-order valence-electron chi connectivity index (χ1n) is 6.31. The molecule has 9 nitrogen and oxygen atoms in total. The molecule has 0 aromatic rings. The summed E-state index contributed by atoms with van der Waals surface area (Å²) < 4.78 is 23.9. The largest absolute Gasteiger partial charge is 0.481 e. The van der Waals surface area contributed by atoms with E-state index in [1.165, 1.54) is 4.31 Å².